The van der Waals surface area contributed by atoms with Crippen LogP contribution in [0.2, 0.25) is 5.02 Å². The number of carbonyl (C=O) groups excluding carboxylic acids is 1. The van der Waals surface area contributed by atoms with Crippen LogP contribution < -0.4 is 0 Å². The fraction of sp³-hybridized carbons (Fsp3) is 0.235. The molecule has 1 aromatic carbocycles. The van der Waals surface area contributed by atoms with Crippen LogP contribution in [-0.2, 0) is 17.8 Å². The van der Waals surface area contributed by atoms with Crippen molar-refractivity contribution < 1.29 is 9.32 Å². The second kappa shape index (κ2) is 7.59. The van der Waals surface area contributed by atoms with E-state index in [-0.39, 0.29) is 5.91 Å². The standard InChI is InChI=1S/C17H16ClN3O2S/c1-21(11-14-3-2-10-24-14)16(22)9-8-15-19-17(20-23-15)12-4-6-13(18)7-5-12/h2-7,10H,8-9,11H2,1H3. The molecule has 5 nitrogen and oxygen atoms in total. The first-order chi connectivity index (χ1) is 11.6. The number of benzene rings is 1. The zero-order chi connectivity index (χ0) is 16.9. The highest BCUT2D eigenvalue weighted by atomic mass is 35.5. The summed E-state index contributed by atoms with van der Waals surface area (Å²) in [6.07, 6.45) is 0.762. The summed E-state index contributed by atoms with van der Waals surface area (Å²) < 4.78 is 5.22. The maximum absolute atomic E-state index is 12.2. The molecule has 0 bridgehead atoms. The van der Waals surface area contributed by atoms with Crippen molar-refractivity contribution in [2.45, 2.75) is 19.4 Å². The molecule has 124 valence electrons. The van der Waals surface area contributed by atoms with Crippen molar-refractivity contribution in [1.29, 1.82) is 0 Å². The van der Waals surface area contributed by atoms with Crippen molar-refractivity contribution in [2.75, 3.05) is 7.05 Å². The van der Waals surface area contributed by atoms with Crippen molar-refractivity contribution in [3.63, 3.8) is 0 Å². The number of carbonyl (C=O) groups is 1. The zero-order valence-corrected chi connectivity index (χ0v) is 14.7. The first-order valence-electron chi connectivity index (χ1n) is 7.46. The molecule has 0 aliphatic rings. The molecule has 0 radical (unpaired) electrons. The van der Waals surface area contributed by atoms with Gasteiger partial charge in [-0.1, -0.05) is 22.8 Å². The van der Waals surface area contributed by atoms with E-state index in [1.54, 1.807) is 35.4 Å². The SMILES string of the molecule is CN(Cc1cccs1)C(=O)CCc1nc(-c2ccc(Cl)cc2)no1. The van der Waals surface area contributed by atoms with Gasteiger partial charge < -0.3 is 9.42 Å². The highest BCUT2D eigenvalue weighted by Gasteiger charge is 2.14. The number of amides is 1. The molecule has 0 fully saturated rings. The Kier molecular flexibility index (Phi) is 5.27. The van der Waals surface area contributed by atoms with Gasteiger partial charge in [0, 0.05) is 35.4 Å². The van der Waals surface area contributed by atoms with Gasteiger partial charge in [-0.15, -0.1) is 11.3 Å². The lowest BCUT2D eigenvalue weighted by Crippen LogP contribution is -2.26. The lowest BCUT2D eigenvalue weighted by Gasteiger charge is -2.15. The molecule has 0 atom stereocenters. The molecule has 0 spiro atoms. The normalized spacial score (nSPS) is 10.8. The van der Waals surface area contributed by atoms with Gasteiger partial charge in [-0.25, -0.2) is 0 Å². The van der Waals surface area contributed by atoms with E-state index >= 15 is 0 Å². The summed E-state index contributed by atoms with van der Waals surface area (Å²) in [7, 11) is 1.80. The maximum Gasteiger partial charge on any atom is 0.227 e. The smallest absolute Gasteiger partial charge is 0.227 e. The van der Waals surface area contributed by atoms with E-state index in [4.69, 9.17) is 16.1 Å². The quantitative estimate of drug-likeness (QED) is 0.664. The Bertz CT molecular complexity index is 800. The van der Waals surface area contributed by atoms with Crippen molar-refractivity contribution in [1.82, 2.24) is 15.0 Å². The van der Waals surface area contributed by atoms with E-state index in [2.05, 4.69) is 10.1 Å². The van der Waals surface area contributed by atoms with Crippen LogP contribution in [0.1, 0.15) is 17.2 Å². The van der Waals surface area contributed by atoms with Crippen LogP contribution in [0.5, 0.6) is 0 Å². The predicted molar refractivity (Wildman–Crippen MR) is 93.9 cm³/mol. The summed E-state index contributed by atoms with van der Waals surface area (Å²) in [6.45, 7) is 0.621. The van der Waals surface area contributed by atoms with Gasteiger partial charge in [-0.3, -0.25) is 4.79 Å². The summed E-state index contributed by atoms with van der Waals surface area (Å²) in [4.78, 5) is 19.4. The molecule has 2 heterocycles. The molecule has 0 aliphatic carbocycles. The van der Waals surface area contributed by atoms with Crippen LogP contribution >= 0.6 is 22.9 Å². The van der Waals surface area contributed by atoms with Crippen molar-refractivity contribution in [2.24, 2.45) is 0 Å². The van der Waals surface area contributed by atoms with E-state index < -0.39 is 0 Å². The number of thiophene rings is 1. The van der Waals surface area contributed by atoms with Crippen LogP contribution in [0.15, 0.2) is 46.3 Å². The molecular formula is C17H16ClN3O2S. The van der Waals surface area contributed by atoms with Crippen LogP contribution in [0, 0.1) is 0 Å². The average molecular weight is 362 g/mol. The number of hydrogen-bond acceptors (Lipinski definition) is 5. The molecule has 7 heteroatoms. The van der Waals surface area contributed by atoms with Gasteiger partial charge in [0.05, 0.1) is 6.54 Å². The van der Waals surface area contributed by atoms with Gasteiger partial charge in [0.25, 0.3) is 0 Å². The molecule has 2 aromatic heterocycles. The van der Waals surface area contributed by atoms with E-state index in [0.29, 0.717) is 36.1 Å². The molecule has 3 rings (SSSR count). The molecule has 0 unspecified atom stereocenters. The summed E-state index contributed by atoms with van der Waals surface area (Å²) in [5.41, 5.74) is 0.829. The summed E-state index contributed by atoms with van der Waals surface area (Å²) in [5.74, 6) is 1.01. The van der Waals surface area contributed by atoms with Crippen LogP contribution in [-0.4, -0.2) is 28.0 Å². The highest BCUT2D eigenvalue weighted by Crippen LogP contribution is 2.19. The highest BCUT2D eigenvalue weighted by molar-refractivity contribution is 7.09. The van der Waals surface area contributed by atoms with E-state index in [1.807, 2.05) is 29.6 Å². The molecular weight excluding hydrogens is 346 g/mol. The maximum atomic E-state index is 12.2. The predicted octanol–water partition coefficient (Wildman–Crippen LogP) is 4.04. The Morgan fingerprint density at radius 3 is 2.79 bits per heavy atom. The monoisotopic (exact) mass is 361 g/mol. The Morgan fingerprint density at radius 2 is 2.08 bits per heavy atom. The number of rotatable bonds is 6. The first-order valence-corrected chi connectivity index (χ1v) is 8.72. The van der Waals surface area contributed by atoms with Crippen molar-refractivity contribution in [3.05, 3.63) is 57.6 Å². The fourth-order valence-corrected chi connectivity index (χ4v) is 3.09. The number of hydrogen-bond donors (Lipinski definition) is 0. The second-order valence-electron chi connectivity index (χ2n) is 5.35. The van der Waals surface area contributed by atoms with Gasteiger partial charge >= 0.3 is 0 Å². The molecule has 0 saturated carbocycles. The summed E-state index contributed by atoms with van der Waals surface area (Å²) in [6, 6.07) is 11.2. The number of aromatic nitrogens is 2. The Balaban J connectivity index is 1.55. The molecule has 0 aliphatic heterocycles. The third-order valence-electron chi connectivity index (χ3n) is 3.52. The topological polar surface area (TPSA) is 59.2 Å². The Morgan fingerprint density at radius 1 is 1.29 bits per heavy atom. The van der Waals surface area contributed by atoms with Gasteiger partial charge in [0.15, 0.2) is 0 Å². The van der Waals surface area contributed by atoms with Gasteiger partial charge in [-0.2, -0.15) is 4.98 Å². The zero-order valence-electron chi connectivity index (χ0n) is 13.1. The molecule has 1 amide bonds. The Hall–Kier alpha value is -2.18. The minimum Gasteiger partial charge on any atom is -0.341 e. The lowest BCUT2D eigenvalue weighted by molar-refractivity contribution is -0.130. The van der Waals surface area contributed by atoms with E-state index in [9.17, 15) is 4.79 Å². The fourth-order valence-electron chi connectivity index (χ4n) is 2.20. The molecule has 24 heavy (non-hydrogen) atoms. The second-order valence-corrected chi connectivity index (χ2v) is 6.82. The Labute approximate surface area is 148 Å². The minimum absolute atomic E-state index is 0.0506. The molecule has 0 N–H and O–H groups in total. The third kappa shape index (κ3) is 4.21. The summed E-state index contributed by atoms with van der Waals surface area (Å²) >= 11 is 7.50. The lowest BCUT2D eigenvalue weighted by atomic mass is 10.2. The minimum atomic E-state index is 0.0506. The number of halogens is 1. The third-order valence-corrected chi connectivity index (χ3v) is 4.64. The van der Waals surface area contributed by atoms with Crippen LogP contribution in [0.3, 0.4) is 0 Å². The molecule has 3 aromatic rings. The van der Waals surface area contributed by atoms with Crippen molar-refractivity contribution >= 4 is 28.8 Å². The van der Waals surface area contributed by atoms with E-state index in [1.165, 1.54) is 0 Å². The molecule has 0 saturated heterocycles. The summed E-state index contributed by atoms with van der Waals surface area (Å²) in [5, 5.41) is 6.61. The van der Waals surface area contributed by atoms with Crippen molar-refractivity contribution in [3.8, 4) is 11.4 Å². The van der Waals surface area contributed by atoms with Gasteiger partial charge in [0.1, 0.15) is 0 Å². The average Bonchev–Trinajstić information content (AvgIpc) is 3.25. The first kappa shape index (κ1) is 16.7. The van der Waals surface area contributed by atoms with Gasteiger partial charge in [0.2, 0.25) is 17.6 Å². The van der Waals surface area contributed by atoms with Gasteiger partial charge in [-0.05, 0) is 35.7 Å². The van der Waals surface area contributed by atoms with E-state index in [0.717, 1.165) is 10.4 Å². The number of aryl methyl sites for hydroxylation is 1. The van der Waals surface area contributed by atoms with Crippen LogP contribution in [0.4, 0.5) is 0 Å². The largest absolute Gasteiger partial charge is 0.341 e. The number of nitrogens with zero attached hydrogens (tertiary/aromatic N) is 3. The van der Waals surface area contributed by atoms with Crippen LogP contribution in [0.25, 0.3) is 11.4 Å².